The van der Waals surface area contributed by atoms with Gasteiger partial charge in [0.2, 0.25) is 0 Å². The first-order valence-electron chi connectivity index (χ1n) is 7.50. The van der Waals surface area contributed by atoms with E-state index in [-0.39, 0.29) is 11.3 Å². The zero-order chi connectivity index (χ0) is 16.3. The molecule has 1 heterocycles. The molecule has 0 radical (unpaired) electrons. The number of benzene rings is 1. The number of amides is 1. The van der Waals surface area contributed by atoms with Crippen LogP contribution >= 0.6 is 0 Å². The number of hydrogen-bond donors (Lipinski definition) is 0. The zero-order valence-corrected chi connectivity index (χ0v) is 13.9. The fraction of sp³-hybridized carbons (Fsp3) is 0.471. The van der Waals surface area contributed by atoms with E-state index >= 15 is 0 Å². The summed E-state index contributed by atoms with van der Waals surface area (Å²) in [4.78, 5) is 14.4. The van der Waals surface area contributed by atoms with Gasteiger partial charge >= 0.3 is 0 Å². The van der Waals surface area contributed by atoms with Gasteiger partial charge in [0.25, 0.3) is 5.91 Å². The van der Waals surface area contributed by atoms with Crippen LogP contribution in [0.25, 0.3) is 0 Å². The van der Waals surface area contributed by atoms with Gasteiger partial charge in [-0.05, 0) is 37.0 Å². The van der Waals surface area contributed by atoms with Crippen molar-refractivity contribution in [3.8, 4) is 0 Å². The minimum atomic E-state index is -0.00893. The molecule has 0 N–H and O–H groups in total. The lowest BCUT2D eigenvalue weighted by atomic mass is 9.86. The first kappa shape index (κ1) is 16.2. The minimum absolute atomic E-state index is 0.00893. The maximum absolute atomic E-state index is 12.6. The third-order valence-electron chi connectivity index (χ3n) is 3.75. The molecule has 2 rings (SSSR count). The van der Waals surface area contributed by atoms with Crippen LogP contribution in [0.2, 0.25) is 0 Å². The normalized spacial score (nSPS) is 11.5. The number of hydrogen-bond acceptors (Lipinski definition) is 4. The Morgan fingerprint density at radius 2 is 1.82 bits per heavy atom. The van der Waals surface area contributed by atoms with Crippen molar-refractivity contribution in [2.75, 3.05) is 6.54 Å². The van der Waals surface area contributed by atoms with Crippen LogP contribution in [0.4, 0.5) is 0 Å². The Hall–Kier alpha value is -2.17. The molecule has 118 valence electrons. The summed E-state index contributed by atoms with van der Waals surface area (Å²) in [6.45, 7) is 11.2. The lowest BCUT2D eigenvalue weighted by Gasteiger charge is -2.22. The maximum Gasteiger partial charge on any atom is 0.254 e. The van der Waals surface area contributed by atoms with Crippen molar-refractivity contribution in [2.24, 2.45) is 0 Å². The summed E-state index contributed by atoms with van der Waals surface area (Å²) in [6, 6.07) is 7.81. The van der Waals surface area contributed by atoms with E-state index in [9.17, 15) is 4.79 Å². The number of carbonyl (C=O) groups is 1. The Kier molecular flexibility index (Phi) is 4.64. The molecule has 5 nitrogen and oxygen atoms in total. The molecule has 0 aliphatic heterocycles. The largest absolute Gasteiger partial charge is 0.333 e. The van der Waals surface area contributed by atoms with Crippen LogP contribution in [0.5, 0.6) is 0 Å². The molecule has 22 heavy (non-hydrogen) atoms. The number of aryl methyl sites for hydroxylation is 1. The third-order valence-corrected chi connectivity index (χ3v) is 3.75. The van der Waals surface area contributed by atoms with E-state index in [1.54, 1.807) is 4.90 Å². The van der Waals surface area contributed by atoms with Gasteiger partial charge in [-0.3, -0.25) is 4.79 Å². The first-order valence-corrected chi connectivity index (χ1v) is 7.50. The molecule has 0 bridgehead atoms. The molecule has 2 aromatic rings. The zero-order valence-electron chi connectivity index (χ0n) is 13.9. The smallest absolute Gasteiger partial charge is 0.254 e. The van der Waals surface area contributed by atoms with E-state index in [4.69, 9.17) is 4.63 Å². The predicted molar refractivity (Wildman–Crippen MR) is 84.6 cm³/mol. The van der Waals surface area contributed by atoms with E-state index in [1.807, 2.05) is 38.1 Å². The second-order valence-electron chi connectivity index (χ2n) is 6.44. The molecule has 0 saturated heterocycles. The molecule has 1 aromatic heterocycles. The van der Waals surface area contributed by atoms with E-state index in [0.717, 1.165) is 0 Å². The average molecular weight is 301 g/mol. The molecular formula is C17H23N3O2. The summed E-state index contributed by atoms with van der Waals surface area (Å²) < 4.78 is 4.69. The molecule has 5 heteroatoms. The fourth-order valence-electron chi connectivity index (χ4n) is 2.20. The van der Waals surface area contributed by atoms with Gasteiger partial charge in [-0.1, -0.05) is 43.2 Å². The summed E-state index contributed by atoms with van der Waals surface area (Å²) in [5.74, 6) is -0.00893. The molecule has 0 fully saturated rings. The van der Waals surface area contributed by atoms with E-state index < -0.39 is 0 Å². The molecule has 0 unspecified atom stereocenters. The molecule has 1 aromatic carbocycles. The number of carbonyl (C=O) groups excluding carboxylic acids is 1. The van der Waals surface area contributed by atoms with Crippen LogP contribution in [-0.2, 0) is 12.0 Å². The highest BCUT2D eigenvalue weighted by molar-refractivity contribution is 5.94. The van der Waals surface area contributed by atoms with E-state index in [2.05, 4.69) is 31.1 Å². The predicted octanol–water partition coefficient (Wildman–Crippen LogP) is 3.34. The van der Waals surface area contributed by atoms with Crippen LogP contribution in [0.1, 0.15) is 55.0 Å². The van der Waals surface area contributed by atoms with Gasteiger partial charge in [-0.25, -0.2) is 4.63 Å². The average Bonchev–Trinajstić information content (AvgIpc) is 2.88. The Labute approximate surface area is 131 Å². The number of nitrogens with zero attached hydrogens (tertiary/aromatic N) is 3. The van der Waals surface area contributed by atoms with Gasteiger partial charge in [0.15, 0.2) is 0 Å². The number of rotatable bonds is 4. The van der Waals surface area contributed by atoms with Crippen molar-refractivity contribution in [1.29, 1.82) is 0 Å². The van der Waals surface area contributed by atoms with Gasteiger partial charge in [-0.2, -0.15) is 0 Å². The van der Waals surface area contributed by atoms with Crippen molar-refractivity contribution >= 4 is 5.91 Å². The highest BCUT2D eigenvalue weighted by Gasteiger charge is 2.19. The Morgan fingerprint density at radius 3 is 2.27 bits per heavy atom. The Morgan fingerprint density at radius 1 is 1.18 bits per heavy atom. The summed E-state index contributed by atoms with van der Waals surface area (Å²) in [7, 11) is 0. The molecular weight excluding hydrogens is 278 g/mol. The summed E-state index contributed by atoms with van der Waals surface area (Å²) >= 11 is 0. The lowest BCUT2D eigenvalue weighted by molar-refractivity contribution is 0.0748. The second kappa shape index (κ2) is 6.30. The quantitative estimate of drug-likeness (QED) is 0.869. The van der Waals surface area contributed by atoms with Crippen molar-refractivity contribution in [1.82, 2.24) is 15.2 Å². The lowest BCUT2D eigenvalue weighted by Crippen LogP contribution is -2.30. The van der Waals surface area contributed by atoms with Crippen molar-refractivity contribution in [2.45, 2.75) is 46.6 Å². The summed E-state index contributed by atoms with van der Waals surface area (Å²) in [6.07, 6.45) is 0. The Bertz CT molecular complexity index is 639. The molecule has 1 amide bonds. The molecule has 0 aliphatic carbocycles. The van der Waals surface area contributed by atoms with Gasteiger partial charge in [-0.15, -0.1) is 0 Å². The van der Waals surface area contributed by atoms with Gasteiger partial charge in [0.05, 0.1) is 6.54 Å². The monoisotopic (exact) mass is 301 g/mol. The van der Waals surface area contributed by atoms with Crippen LogP contribution < -0.4 is 0 Å². The highest BCUT2D eigenvalue weighted by Crippen LogP contribution is 2.22. The van der Waals surface area contributed by atoms with Crippen LogP contribution in [-0.4, -0.2) is 27.7 Å². The van der Waals surface area contributed by atoms with E-state index in [0.29, 0.717) is 30.0 Å². The SMILES string of the molecule is CCN(Cc1nonc1C)C(=O)c1ccc(C(C)(C)C)cc1. The highest BCUT2D eigenvalue weighted by atomic mass is 16.6. The van der Waals surface area contributed by atoms with Gasteiger partial charge in [0.1, 0.15) is 11.4 Å². The molecule has 0 atom stereocenters. The maximum atomic E-state index is 12.6. The first-order chi connectivity index (χ1) is 10.3. The molecule has 0 spiro atoms. The van der Waals surface area contributed by atoms with Crippen LogP contribution in [0.15, 0.2) is 28.9 Å². The van der Waals surface area contributed by atoms with Crippen molar-refractivity contribution in [3.63, 3.8) is 0 Å². The van der Waals surface area contributed by atoms with Crippen LogP contribution in [0, 0.1) is 6.92 Å². The third kappa shape index (κ3) is 3.53. The second-order valence-corrected chi connectivity index (χ2v) is 6.44. The van der Waals surface area contributed by atoms with Gasteiger partial charge in [0, 0.05) is 12.1 Å². The van der Waals surface area contributed by atoms with Gasteiger partial charge < -0.3 is 4.90 Å². The molecule has 0 aliphatic rings. The fourth-order valence-corrected chi connectivity index (χ4v) is 2.20. The Balaban J connectivity index is 2.16. The van der Waals surface area contributed by atoms with E-state index in [1.165, 1.54) is 5.56 Å². The summed E-state index contributed by atoms with van der Waals surface area (Å²) in [5.41, 5.74) is 3.39. The van der Waals surface area contributed by atoms with Crippen molar-refractivity contribution in [3.05, 3.63) is 46.8 Å². The minimum Gasteiger partial charge on any atom is -0.333 e. The standard InChI is InChI=1S/C17H23N3O2/c1-6-20(11-15-12(2)18-22-19-15)16(21)13-7-9-14(10-8-13)17(3,4)5/h7-10H,6,11H2,1-5H3. The van der Waals surface area contributed by atoms with Crippen LogP contribution in [0.3, 0.4) is 0 Å². The summed E-state index contributed by atoms with van der Waals surface area (Å²) in [5, 5.41) is 7.60. The number of aromatic nitrogens is 2. The van der Waals surface area contributed by atoms with Crippen molar-refractivity contribution < 1.29 is 9.42 Å². The molecule has 0 saturated carbocycles. The topological polar surface area (TPSA) is 59.2 Å².